The molecule has 4 heteroatoms. The van der Waals surface area contributed by atoms with Gasteiger partial charge in [-0.1, -0.05) is 91.0 Å². The van der Waals surface area contributed by atoms with Crippen molar-refractivity contribution in [1.82, 2.24) is 9.55 Å². The van der Waals surface area contributed by atoms with Crippen molar-refractivity contribution in [3.05, 3.63) is 126 Å². The summed E-state index contributed by atoms with van der Waals surface area (Å²) < 4.78 is 1.98. The first-order chi connectivity index (χ1) is 15.3. The van der Waals surface area contributed by atoms with Crippen LogP contribution in [0.3, 0.4) is 0 Å². The van der Waals surface area contributed by atoms with Gasteiger partial charge in [-0.25, -0.2) is 4.98 Å². The van der Waals surface area contributed by atoms with E-state index in [0.717, 1.165) is 23.0 Å². The molecule has 4 aromatic rings. The zero-order valence-corrected chi connectivity index (χ0v) is 17.0. The van der Waals surface area contributed by atoms with Gasteiger partial charge in [0.2, 0.25) is 0 Å². The molecule has 0 amide bonds. The van der Waals surface area contributed by atoms with E-state index in [0.29, 0.717) is 12.1 Å². The number of nitrogens with zero attached hydrogens (tertiary/aromatic N) is 2. The molecule has 1 heterocycles. The number of benzene rings is 3. The second kappa shape index (κ2) is 7.80. The smallest absolute Gasteiger partial charge is 0.184 e. The fourth-order valence-electron chi connectivity index (χ4n) is 4.56. The van der Waals surface area contributed by atoms with Crippen molar-refractivity contribution in [1.29, 1.82) is 0 Å². The minimum absolute atomic E-state index is 0.0261. The van der Waals surface area contributed by atoms with E-state index < -0.39 is 5.54 Å². The maximum atomic E-state index is 13.4. The average molecular weight is 406 g/mol. The van der Waals surface area contributed by atoms with E-state index in [-0.39, 0.29) is 17.6 Å². The number of hydrogen-bond donors (Lipinski definition) is 0. The molecule has 4 nitrogen and oxygen atoms in total. The van der Waals surface area contributed by atoms with Crippen molar-refractivity contribution in [3.63, 3.8) is 0 Å². The van der Waals surface area contributed by atoms with Gasteiger partial charge >= 0.3 is 0 Å². The lowest BCUT2D eigenvalue weighted by Crippen LogP contribution is -2.39. The van der Waals surface area contributed by atoms with E-state index in [9.17, 15) is 9.59 Å². The van der Waals surface area contributed by atoms with Gasteiger partial charge in [-0.05, 0) is 23.1 Å². The van der Waals surface area contributed by atoms with Crippen molar-refractivity contribution < 1.29 is 9.59 Å². The van der Waals surface area contributed by atoms with Crippen molar-refractivity contribution >= 4 is 12.1 Å². The van der Waals surface area contributed by atoms with Crippen LogP contribution in [0.15, 0.2) is 104 Å². The Morgan fingerprint density at radius 1 is 0.839 bits per heavy atom. The number of carbonyl (C=O) groups is 2. The second-order valence-electron chi connectivity index (χ2n) is 7.96. The largest absolute Gasteiger partial charge is 0.309 e. The first-order valence-corrected chi connectivity index (χ1v) is 10.5. The Labute approximate surface area is 181 Å². The molecule has 5 rings (SSSR count). The van der Waals surface area contributed by atoms with Crippen LogP contribution in [0.2, 0.25) is 0 Å². The maximum Gasteiger partial charge on any atom is 0.184 e. The lowest BCUT2D eigenvalue weighted by Gasteiger charge is -2.38. The number of hydrogen-bond acceptors (Lipinski definition) is 3. The molecule has 1 aliphatic rings. The molecule has 1 aliphatic carbocycles. The van der Waals surface area contributed by atoms with Gasteiger partial charge < -0.3 is 9.36 Å². The third kappa shape index (κ3) is 3.12. The minimum atomic E-state index is -0.781. The van der Waals surface area contributed by atoms with Crippen LogP contribution in [0, 0.1) is 11.8 Å². The van der Waals surface area contributed by atoms with Gasteiger partial charge in [0.05, 0.1) is 12.5 Å². The third-order valence-corrected chi connectivity index (χ3v) is 6.18. The van der Waals surface area contributed by atoms with Crippen molar-refractivity contribution in [3.8, 4) is 0 Å². The van der Waals surface area contributed by atoms with Crippen LogP contribution in [-0.2, 0) is 10.3 Å². The average Bonchev–Trinajstić information content (AvgIpc) is 3.48. The SMILES string of the molecule is O=C[C@H]1C[C@H]1C(=O)c1cncn1C(c1ccccc1)(c1ccccc1)c1ccccc1. The van der Waals surface area contributed by atoms with E-state index in [2.05, 4.69) is 41.4 Å². The quantitative estimate of drug-likeness (QED) is 0.253. The molecule has 0 aliphatic heterocycles. The number of aldehydes is 1. The first kappa shape index (κ1) is 19.2. The van der Waals surface area contributed by atoms with Crippen molar-refractivity contribution in [2.75, 3.05) is 0 Å². The van der Waals surface area contributed by atoms with Crippen LogP contribution in [0.1, 0.15) is 33.6 Å². The molecule has 1 saturated carbocycles. The molecular weight excluding hydrogens is 384 g/mol. The Balaban J connectivity index is 1.82. The van der Waals surface area contributed by atoms with Crippen molar-refractivity contribution in [2.24, 2.45) is 11.8 Å². The van der Waals surface area contributed by atoms with Crippen LogP contribution in [0.25, 0.3) is 0 Å². The fourth-order valence-corrected chi connectivity index (χ4v) is 4.56. The highest BCUT2D eigenvalue weighted by Gasteiger charge is 2.46. The van der Waals surface area contributed by atoms with Crippen LogP contribution in [-0.4, -0.2) is 21.6 Å². The normalized spacial score (nSPS) is 17.8. The summed E-state index contributed by atoms with van der Waals surface area (Å²) >= 11 is 0. The number of aromatic nitrogens is 2. The summed E-state index contributed by atoms with van der Waals surface area (Å²) in [6.07, 6.45) is 4.87. The van der Waals surface area contributed by atoms with Gasteiger partial charge in [0.1, 0.15) is 17.5 Å². The summed E-state index contributed by atoms with van der Waals surface area (Å²) in [6, 6.07) is 30.5. The van der Waals surface area contributed by atoms with Gasteiger partial charge in [0.25, 0.3) is 0 Å². The number of Topliss-reactive ketones (excluding diaryl/α,β-unsaturated/α-hetero) is 1. The first-order valence-electron chi connectivity index (χ1n) is 10.5. The highest BCUT2D eigenvalue weighted by molar-refractivity contribution is 6.00. The predicted octanol–water partition coefficient (Wildman–Crippen LogP) is 4.74. The third-order valence-electron chi connectivity index (χ3n) is 6.18. The minimum Gasteiger partial charge on any atom is -0.309 e. The molecule has 31 heavy (non-hydrogen) atoms. The number of rotatable bonds is 7. The molecule has 3 aromatic carbocycles. The van der Waals surface area contributed by atoms with E-state index in [1.54, 1.807) is 12.5 Å². The van der Waals surface area contributed by atoms with Gasteiger partial charge in [0, 0.05) is 11.8 Å². The lowest BCUT2D eigenvalue weighted by atomic mass is 9.76. The molecule has 152 valence electrons. The molecule has 0 N–H and O–H groups in total. The van der Waals surface area contributed by atoms with Gasteiger partial charge in [-0.3, -0.25) is 4.79 Å². The molecule has 1 aromatic heterocycles. The summed E-state index contributed by atoms with van der Waals surface area (Å²) in [5.74, 6) is -0.467. The number of ketones is 1. The van der Waals surface area contributed by atoms with E-state index >= 15 is 0 Å². The summed E-state index contributed by atoms with van der Waals surface area (Å²) in [7, 11) is 0. The molecule has 0 saturated heterocycles. The Kier molecular flexibility index (Phi) is 4.83. The molecule has 0 unspecified atom stereocenters. The van der Waals surface area contributed by atoms with E-state index in [1.165, 1.54) is 0 Å². The summed E-state index contributed by atoms with van der Waals surface area (Å²) in [4.78, 5) is 29.0. The highest BCUT2D eigenvalue weighted by atomic mass is 16.1. The Morgan fingerprint density at radius 3 is 1.74 bits per heavy atom. The summed E-state index contributed by atoms with van der Waals surface area (Å²) in [6.45, 7) is 0. The number of imidazole rings is 1. The zero-order chi connectivity index (χ0) is 21.3. The molecular formula is C27H22N2O2. The molecule has 1 fully saturated rings. The van der Waals surface area contributed by atoms with Gasteiger partial charge in [0.15, 0.2) is 5.78 Å². The summed E-state index contributed by atoms with van der Waals surface area (Å²) in [5.41, 5.74) is 2.83. The number of carbonyl (C=O) groups excluding carboxylic acids is 2. The summed E-state index contributed by atoms with van der Waals surface area (Å²) in [5, 5.41) is 0. The van der Waals surface area contributed by atoms with Gasteiger partial charge in [-0.15, -0.1) is 0 Å². The monoisotopic (exact) mass is 406 g/mol. The van der Waals surface area contributed by atoms with Crippen LogP contribution >= 0.6 is 0 Å². The van der Waals surface area contributed by atoms with E-state index in [4.69, 9.17) is 0 Å². The molecule has 0 radical (unpaired) electrons. The zero-order valence-electron chi connectivity index (χ0n) is 17.0. The highest BCUT2D eigenvalue weighted by Crippen LogP contribution is 2.44. The van der Waals surface area contributed by atoms with Crippen LogP contribution in [0.4, 0.5) is 0 Å². The Hall–Kier alpha value is -3.79. The van der Waals surface area contributed by atoms with E-state index in [1.807, 2.05) is 59.2 Å². The topological polar surface area (TPSA) is 52.0 Å². The fraction of sp³-hybridized carbons (Fsp3) is 0.148. The second-order valence-corrected chi connectivity index (χ2v) is 7.96. The van der Waals surface area contributed by atoms with Crippen LogP contribution in [0.5, 0.6) is 0 Å². The predicted molar refractivity (Wildman–Crippen MR) is 119 cm³/mol. The van der Waals surface area contributed by atoms with Crippen molar-refractivity contribution in [2.45, 2.75) is 12.0 Å². The van der Waals surface area contributed by atoms with Gasteiger partial charge in [-0.2, -0.15) is 0 Å². The Bertz CT molecular complexity index is 1100. The maximum absolute atomic E-state index is 13.4. The lowest BCUT2D eigenvalue weighted by molar-refractivity contribution is -0.109. The Morgan fingerprint density at radius 2 is 1.32 bits per heavy atom. The molecule has 2 atom stereocenters. The molecule has 0 spiro atoms. The van der Waals surface area contributed by atoms with Crippen LogP contribution < -0.4 is 0 Å². The molecule has 0 bridgehead atoms. The standard InChI is InChI=1S/C27H22N2O2/c30-18-20-16-24(20)26(31)25-17-28-19-29(25)27(21-10-4-1-5-11-21,22-12-6-2-7-13-22)23-14-8-3-9-15-23/h1-15,17-20,24H,16H2/t20-,24-/m1/s1.